The number of anilines is 1. The van der Waals surface area contributed by atoms with Crippen molar-refractivity contribution in [3.05, 3.63) is 57.9 Å². The number of aryl methyl sites for hydroxylation is 1. The molecule has 6 heteroatoms. The number of hydrazone groups is 1. The van der Waals surface area contributed by atoms with Crippen LogP contribution in [0.15, 0.2) is 44.6 Å². The summed E-state index contributed by atoms with van der Waals surface area (Å²) < 4.78 is 18.3. The first-order valence-electron chi connectivity index (χ1n) is 5.88. The third kappa shape index (κ3) is 2.85. The third-order valence-corrected chi connectivity index (χ3v) is 2.63. The highest BCUT2D eigenvalue weighted by Gasteiger charge is 2.13. The fourth-order valence-corrected chi connectivity index (χ4v) is 1.68. The Bertz CT molecular complexity index is 723. The lowest BCUT2D eigenvalue weighted by Gasteiger charge is -2.05. The summed E-state index contributed by atoms with van der Waals surface area (Å²) in [6.07, 6.45) is 0. The SMILES string of the molecule is C/C(=N\Nc1ccccc1F)c1c(O)cc(C)oc1=O. The molecular formula is C14H13FN2O3. The van der Waals surface area contributed by atoms with E-state index in [1.807, 2.05) is 0 Å². The smallest absolute Gasteiger partial charge is 0.348 e. The Labute approximate surface area is 114 Å². The zero-order valence-corrected chi connectivity index (χ0v) is 11.0. The van der Waals surface area contributed by atoms with Gasteiger partial charge in [-0.05, 0) is 26.0 Å². The molecule has 0 atom stereocenters. The molecule has 1 aromatic heterocycles. The van der Waals surface area contributed by atoms with Gasteiger partial charge in [0.1, 0.15) is 22.9 Å². The van der Waals surface area contributed by atoms with Crippen LogP contribution in [0, 0.1) is 12.7 Å². The third-order valence-electron chi connectivity index (χ3n) is 2.63. The summed E-state index contributed by atoms with van der Waals surface area (Å²) in [5.41, 5.74) is 2.11. The van der Waals surface area contributed by atoms with Crippen LogP contribution in [0.5, 0.6) is 5.75 Å². The van der Waals surface area contributed by atoms with Gasteiger partial charge in [0, 0.05) is 6.07 Å². The van der Waals surface area contributed by atoms with E-state index in [1.54, 1.807) is 19.1 Å². The van der Waals surface area contributed by atoms with Gasteiger partial charge in [-0.2, -0.15) is 5.10 Å². The van der Waals surface area contributed by atoms with Crippen LogP contribution < -0.4 is 11.1 Å². The van der Waals surface area contributed by atoms with E-state index in [4.69, 9.17) is 4.42 Å². The Morgan fingerprint density at radius 1 is 1.40 bits per heavy atom. The average molecular weight is 276 g/mol. The molecule has 104 valence electrons. The van der Waals surface area contributed by atoms with Gasteiger partial charge in [-0.1, -0.05) is 12.1 Å². The first kappa shape index (κ1) is 13.8. The molecule has 0 aliphatic heterocycles. The molecule has 0 amide bonds. The number of nitrogens with one attached hydrogen (secondary N) is 1. The van der Waals surface area contributed by atoms with Gasteiger partial charge in [0.2, 0.25) is 0 Å². The topological polar surface area (TPSA) is 74.8 Å². The van der Waals surface area contributed by atoms with Gasteiger partial charge in [-0.25, -0.2) is 9.18 Å². The lowest BCUT2D eigenvalue weighted by atomic mass is 10.2. The minimum atomic E-state index is -0.695. The molecule has 2 rings (SSSR count). The van der Waals surface area contributed by atoms with E-state index in [9.17, 15) is 14.3 Å². The van der Waals surface area contributed by atoms with Crippen LogP contribution in [-0.2, 0) is 0 Å². The van der Waals surface area contributed by atoms with Crippen LogP contribution in [0.2, 0.25) is 0 Å². The Morgan fingerprint density at radius 2 is 2.10 bits per heavy atom. The molecular weight excluding hydrogens is 263 g/mol. The predicted molar refractivity (Wildman–Crippen MR) is 73.6 cm³/mol. The zero-order valence-electron chi connectivity index (χ0n) is 11.0. The van der Waals surface area contributed by atoms with Crippen molar-refractivity contribution in [2.75, 3.05) is 5.43 Å². The summed E-state index contributed by atoms with van der Waals surface area (Å²) in [5, 5.41) is 13.6. The highest BCUT2D eigenvalue weighted by molar-refractivity contribution is 6.00. The van der Waals surface area contributed by atoms with Crippen molar-refractivity contribution < 1.29 is 13.9 Å². The van der Waals surface area contributed by atoms with Gasteiger partial charge < -0.3 is 9.52 Å². The second-order valence-electron chi connectivity index (χ2n) is 4.19. The Morgan fingerprint density at radius 3 is 2.75 bits per heavy atom. The fraction of sp³-hybridized carbons (Fsp3) is 0.143. The number of nitrogens with zero attached hydrogens (tertiary/aromatic N) is 1. The standard InChI is InChI=1S/C14H13FN2O3/c1-8-7-12(18)13(14(19)20-8)9(2)16-17-11-6-4-3-5-10(11)15/h3-7,17-18H,1-2H3/b16-9+. The highest BCUT2D eigenvalue weighted by atomic mass is 19.1. The molecule has 0 aliphatic carbocycles. The summed E-state index contributed by atoms with van der Waals surface area (Å²) in [6.45, 7) is 3.06. The van der Waals surface area contributed by atoms with E-state index in [1.165, 1.54) is 25.1 Å². The molecule has 0 spiro atoms. The molecule has 0 unspecified atom stereocenters. The van der Waals surface area contributed by atoms with Crippen LogP contribution in [0.4, 0.5) is 10.1 Å². The number of hydrogen-bond acceptors (Lipinski definition) is 5. The molecule has 0 bridgehead atoms. The molecule has 1 heterocycles. The summed E-state index contributed by atoms with van der Waals surface area (Å²) in [7, 11) is 0. The van der Waals surface area contributed by atoms with Crippen LogP contribution in [0.3, 0.4) is 0 Å². The van der Waals surface area contributed by atoms with Gasteiger partial charge in [-0.3, -0.25) is 5.43 Å². The number of para-hydroxylation sites is 1. The summed E-state index contributed by atoms with van der Waals surface area (Å²) in [6, 6.07) is 7.30. The highest BCUT2D eigenvalue weighted by Crippen LogP contribution is 2.16. The Hall–Kier alpha value is -2.63. The zero-order chi connectivity index (χ0) is 14.7. The van der Waals surface area contributed by atoms with E-state index in [0.29, 0.717) is 5.76 Å². The molecule has 2 aromatic rings. The number of halogens is 1. The summed E-state index contributed by atoms with van der Waals surface area (Å²) >= 11 is 0. The minimum Gasteiger partial charge on any atom is -0.507 e. The molecule has 0 radical (unpaired) electrons. The maximum Gasteiger partial charge on any atom is 0.348 e. The van der Waals surface area contributed by atoms with Crippen molar-refractivity contribution in [2.24, 2.45) is 5.10 Å². The minimum absolute atomic E-state index is 0.0561. The number of benzene rings is 1. The monoisotopic (exact) mass is 276 g/mol. The van der Waals surface area contributed by atoms with Crippen LogP contribution in [0.25, 0.3) is 0 Å². The number of hydrogen-bond donors (Lipinski definition) is 2. The van der Waals surface area contributed by atoms with Crippen molar-refractivity contribution in [2.45, 2.75) is 13.8 Å². The number of rotatable bonds is 3. The quantitative estimate of drug-likeness (QED) is 0.667. The maximum absolute atomic E-state index is 13.4. The molecule has 2 N–H and O–H groups in total. The molecule has 0 aliphatic rings. The first-order chi connectivity index (χ1) is 9.49. The molecule has 0 fully saturated rings. The normalized spacial score (nSPS) is 11.4. The Kier molecular flexibility index (Phi) is 3.84. The van der Waals surface area contributed by atoms with E-state index >= 15 is 0 Å². The Balaban J connectivity index is 2.33. The van der Waals surface area contributed by atoms with E-state index in [0.717, 1.165) is 0 Å². The lowest BCUT2D eigenvalue weighted by molar-refractivity contribution is 0.432. The fourth-order valence-electron chi connectivity index (χ4n) is 1.68. The van der Waals surface area contributed by atoms with Crippen molar-refractivity contribution in [1.29, 1.82) is 0 Å². The van der Waals surface area contributed by atoms with E-state index in [2.05, 4.69) is 10.5 Å². The average Bonchev–Trinajstić information content (AvgIpc) is 2.36. The van der Waals surface area contributed by atoms with Gasteiger partial charge in [0.25, 0.3) is 0 Å². The predicted octanol–water partition coefficient (Wildman–Crippen LogP) is 2.63. The van der Waals surface area contributed by atoms with Crippen molar-refractivity contribution in [1.82, 2.24) is 0 Å². The second kappa shape index (κ2) is 5.56. The van der Waals surface area contributed by atoms with Crippen LogP contribution in [0.1, 0.15) is 18.2 Å². The van der Waals surface area contributed by atoms with Gasteiger partial charge >= 0.3 is 5.63 Å². The van der Waals surface area contributed by atoms with E-state index in [-0.39, 0.29) is 22.7 Å². The van der Waals surface area contributed by atoms with Crippen molar-refractivity contribution in [3.8, 4) is 5.75 Å². The maximum atomic E-state index is 13.4. The van der Waals surface area contributed by atoms with Crippen LogP contribution in [-0.4, -0.2) is 10.8 Å². The van der Waals surface area contributed by atoms with Gasteiger partial charge in [0.05, 0.1) is 11.4 Å². The summed E-state index contributed by atoms with van der Waals surface area (Å²) in [5.74, 6) is -0.398. The van der Waals surface area contributed by atoms with Gasteiger partial charge in [0.15, 0.2) is 0 Å². The van der Waals surface area contributed by atoms with Crippen LogP contribution >= 0.6 is 0 Å². The molecule has 0 saturated carbocycles. The summed E-state index contributed by atoms with van der Waals surface area (Å²) in [4.78, 5) is 11.7. The van der Waals surface area contributed by atoms with Gasteiger partial charge in [-0.15, -0.1) is 0 Å². The molecule has 5 nitrogen and oxygen atoms in total. The lowest BCUT2D eigenvalue weighted by Crippen LogP contribution is -2.14. The van der Waals surface area contributed by atoms with Crippen molar-refractivity contribution >= 4 is 11.4 Å². The second-order valence-corrected chi connectivity index (χ2v) is 4.19. The molecule has 1 aromatic carbocycles. The number of aromatic hydroxyl groups is 1. The molecule has 20 heavy (non-hydrogen) atoms. The van der Waals surface area contributed by atoms with E-state index < -0.39 is 11.4 Å². The first-order valence-corrected chi connectivity index (χ1v) is 5.88. The van der Waals surface area contributed by atoms with Crippen molar-refractivity contribution in [3.63, 3.8) is 0 Å². The molecule has 0 saturated heterocycles. The largest absolute Gasteiger partial charge is 0.507 e.